The lowest BCUT2D eigenvalue weighted by Gasteiger charge is -2.12. The standard InChI is InChI=1S/C18H19BrClNO3/c1-3-4-9-24-16-8-5-12(10-17(16)23-2)18(22)21-13-6-7-14(19)15(20)11-13/h5-8,10-11H,3-4,9H2,1-2H3,(H,21,22). The van der Waals surface area contributed by atoms with Crippen molar-refractivity contribution in [2.45, 2.75) is 19.8 Å². The van der Waals surface area contributed by atoms with Gasteiger partial charge in [-0.25, -0.2) is 0 Å². The summed E-state index contributed by atoms with van der Waals surface area (Å²) in [6, 6.07) is 10.4. The molecule has 128 valence electrons. The number of hydrogen-bond acceptors (Lipinski definition) is 3. The fraction of sp³-hybridized carbons (Fsp3) is 0.278. The van der Waals surface area contributed by atoms with E-state index >= 15 is 0 Å². The van der Waals surface area contributed by atoms with E-state index in [0.717, 1.165) is 17.3 Å². The molecule has 0 aliphatic rings. The molecule has 1 amide bonds. The smallest absolute Gasteiger partial charge is 0.255 e. The number of methoxy groups -OCH3 is 1. The van der Waals surface area contributed by atoms with Crippen molar-refractivity contribution in [3.8, 4) is 11.5 Å². The molecule has 2 aromatic carbocycles. The predicted octanol–water partition coefficient (Wildman–Crippen LogP) is 5.54. The highest BCUT2D eigenvalue weighted by atomic mass is 79.9. The summed E-state index contributed by atoms with van der Waals surface area (Å²) in [5.74, 6) is 0.925. The van der Waals surface area contributed by atoms with Gasteiger partial charge < -0.3 is 14.8 Å². The summed E-state index contributed by atoms with van der Waals surface area (Å²) in [7, 11) is 1.55. The normalized spacial score (nSPS) is 10.3. The Morgan fingerprint density at radius 3 is 2.67 bits per heavy atom. The van der Waals surface area contributed by atoms with Crippen LogP contribution in [0.25, 0.3) is 0 Å². The van der Waals surface area contributed by atoms with Crippen molar-refractivity contribution in [1.29, 1.82) is 0 Å². The molecule has 0 heterocycles. The SMILES string of the molecule is CCCCOc1ccc(C(=O)Nc2ccc(Br)c(Cl)c2)cc1OC. The van der Waals surface area contributed by atoms with Gasteiger partial charge in [-0.15, -0.1) is 0 Å². The molecule has 2 aromatic rings. The number of unbranched alkanes of at least 4 members (excludes halogenated alkanes) is 1. The van der Waals surface area contributed by atoms with Gasteiger partial charge in [-0.05, 0) is 58.7 Å². The highest BCUT2D eigenvalue weighted by Crippen LogP contribution is 2.29. The van der Waals surface area contributed by atoms with Crippen LogP contribution in [-0.4, -0.2) is 19.6 Å². The monoisotopic (exact) mass is 411 g/mol. The Kier molecular flexibility index (Phi) is 6.94. The Hall–Kier alpha value is -1.72. The van der Waals surface area contributed by atoms with Crippen LogP contribution >= 0.6 is 27.5 Å². The third kappa shape index (κ3) is 4.89. The summed E-state index contributed by atoms with van der Waals surface area (Å²) in [6.45, 7) is 2.72. The molecule has 0 unspecified atom stereocenters. The number of halogens is 2. The van der Waals surface area contributed by atoms with Crippen molar-refractivity contribution in [1.82, 2.24) is 0 Å². The van der Waals surface area contributed by atoms with E-state index in [9.17, 15) is 4.79 Å². The van der Waals surface area contributed by atoms with Crippen molar-refractivity contribution in [2.75, 3.05) is 19.0 Å². The number of rotatable bonds is 7. The fourth-order valence-electron chi connectivity index (χ4n) is 2.03. The number of carbonyl (C=O) groups excluding carboxylic acids is 1. The van der Waals surface area contributed by atoms with E-state index in [-0.39, 0.29) is 5.91 Å². The van der Waals surface area contributed by atoms with Crippen molar-refractivity contribution >= 4 is 39.1 Å². The summed E-state index contributed by atoms with van der Waals surface area (Å²) < 4.78 is 11.8. The lowest BCUT2D eigenvalue weighted by molar-refractivity contribution is 0.102. The fourth-order valence-corrected chi connectivity index (χ4v) is 2.46. The second-order valence-corrected chi connectivity index (χ2v) is 6.41. The van der Waals surface area contributed by atoms with Crippen LogP contribution in [-0.2, 0) is 0 Å². The highest BCUT2D eigenvalue weighted by molar-refractivity contribution is 9.10. The molecule has 4 nitrogen and oxygen atoms in total. The minimum Gasteiger partial charge on any atom is -0.493 e. The number of ether oxygens (including phenoxy) is 2. The lowest BCUT2D eigenvalue weighted by Crippen LogP contribution is -2.12. The van der Waals surface area contributed by atoms with Gasteiger partial charge in [0.1, 0.15) is 0 Å². The van der Waals surface area contributed by atoms with E-state index in [1.807, 2.05) is 0 Å². The Morgan fingerprint density at radius 2 is 2.00 bits per heavy atom. The van der Waals surface area contributed by atoms with Crippen LogP contribution in [0.5, 0.6) is 11.5 Å². The van der Waals surface area contributed by atoms with Crippen molar-refractivity contribution in [3.05, 3.63) is 51.5 Å². The third-order valence-corrected chi connectivity index (χ3v) is 4.59. The topological polar surface area (TPSA) is 47.6 Å². The zero-order chi connectivity index (χ0) is 17.5. The minimum absolute atomic E-state index is 0.244. The molecule has 6 heteroatoms. The molecule has 0 radical (unpaired) electrons. The van der Waals surface area contributed by atoms with Crippen LogP contribution in [0.4, 0.5) is 5.69 Å². The molecule has 0 bridgehead atoms. The maximum absolute atomic E-state index is 12.4. The van der Waals surface area contributed by atoms with Crippen molar-refractivity contribution in [3.63, 3.8) is 0 Å². The number of carbonyl (C=O) groups is 1. The maximum Gasteiger partial charge on any atom is 0.255 e. The van der Waals surface area contributed by atoms with Crippen molar-refractivity contribution in [2.24, 2.45) is 0 Å². The van der Waals surface area contributed by atoms with Gasteiger partial charge in [-0.3, -0.25) is 4.79 Å². The molecular formula is C18H19BrClNO3. The Balaban J connectivity index is 2.12. The molecular weight excluding hydrogens is 394 g/mol. The van der Waals surface area contributed by atoms with Crippen molar-refractivity contribution < 1.29 is 14.3 Å². The van der Waals surface area contributed by atoms with Crippen LogP contribution in [0.2, 0.25) is 5.02 Å². The van der Waals surface area contributed by atoms with Gasteiger partial charge >= 0.3 is 0 Å². The Labute approximate surface area is 155 Å². The van der Waals surface area contributed by atoms with E-state index in [0.29, 0.717) is 34.4 Å². The van der Waals surface area contributed by atoms with Gasteiger partial charge in [0.15, 0.2) is 11.5 Å². The number of amides is 1. The number of nitrogens with one attached hydrogen (secondary N) is 1. The quantitative estimate of drug-likeness (QED) is 0.607. The zero-order valence-corrected chi connectivity index (χ0v) is 15.9. The van der Waals surface area contributed by atoms with Crippen LogP contribution in [0.3, 0.4) is 0 Å². The van der Waals surface area contributed by atoms with Gasteiger partial charge in [0, 0.05) is 15.7 Å². The third-order valence-electron chi connectivity index (χ3n) is 3.36. The summed E-state index contributed by atoms with van der Waals surface area (Å²) in [4.78, 5) is 12.4. The second kappa shape index (κ2) is 8.94. The Bertz CT molecular complexity index is 721. The molecule has 0 atom stereocenters. The molecule has 0 fully saturated rings. The largest absolute Gasteiger partial charge is 0.493 e. The number of benzene rings is 2. The van der Waals surface area contributed by atoms with Crippen LogP contribution in [0, 0.1) is 0 Å². The molecule has 0 aliphatic heterocycles. The number of hydrogen-bond donors (Lipinski definition) is 1. The molecule has 0 saturated heterocycles. The van der Waals surface area contributed by atoms with Gasteiger partial charge in [0.25, 0.3) is 5.91 Å². The molecule has 0 aliphatic carbocycles. The van der Waals surface area contributed by atoms with E-state index in [2.05, 4.69) is 28.2 Å². The van der Waals surface area contributed by atoms with Crippen LogP contribution in [0.1, 0.15) is 30.1 Å². The average molecular weight is 413 g/mol. The van der Waals surface area contributed by atoms with Gasteiger partial charge in [0.2, 0.25) is 0 Å². The first-order valence-corrected chi connectivity index (χ1v) is 8.79. The lowest BCUT2D eigenvalue weighted by atomic mass is 10.2. The maximum atomic E-state index is 12.4. The summed E-state index contributed by atoms with van der Waals surface area (Å²) in [5, 5.41) is 3.34. The molecule has 24 heavy (non-hydrogen) atoms. The molecule has 0 aromatic heterocycles. The van der Waals surface area contributed by atoms with E-state index in [1.165, 1.54) is 0 Å². The molecule has 0 saturated carbocycles. The Morgan fingerprint density at radius 1 is 1.21 bits per heavy atom. The van der Waals surface area contributed by atoms with Crippen LogP contribution < -0.4 is 14.8 Å². The molecule has 0 spiro atoms. The summed E-state index contributed by atoms with van der Waals surface area (Å²) in [6.07, 6.45) is 2.02. The average Bonchev–Trinajstić information content (AvgIpc) is 2.58. The highest BCUT2D eigenvalue weighted by Gasteiger charge is 2.12. The van der Waals surface area contributed by atoms with Gasteiger partial charge in [-0.2, -0.15) is 0 Å². The predicted molar refractivity (Wildman–Crippen MR) is 101 cm³/mol. The molecule has 2 rings (SSSR count). The first-order valence-electron chi connectivity index (χ1n) is 7.62. The number of anilines is 1. The minimum atomic E-state index is -0.244. The zero-order valence-electron chi connectivity index (χ0n) is 13.6. The van der Waals surface area contributed by atoms with E-state index in [1.54, 1.807) is 43.5 Å². The summed E-state index contributed by atoms with van der Waals surface area (Å²) in [5.41, 5.74) is 1.10. The van der Waals surface area contributed by atoms with E-state index < -0.39 is 0 Å². The van der Waals surface area contributed by atoms with Gasteiger partial charge in [-0.1, -0.05) is 24.9 Å². The van der Waals surface area contributed by atoms with E-state index in [4.69, 9.17) is 21.1 Å². The van der Waals surface area contributed by atoms with Gasteiger partial charge in [0.05, 0.1) is 18.7 Å². The molecule has 1 N–H and O–H groups in total. The first-order chi connectivity index (χ1) is 11.5. The first kappa shape index (κ1) is 18.6. The van der Waals surface area contributed by atoms with Crippen LogP contribution in [0.15, 0.2) is 40.9 Å². The second-order valence-electron chi connectivity index (χ2n) is 5.15. The summed E-state index contributed by atoms with van der Waals surface area (Å²) >= 11 is 9.36.